The molecule has 0 spiro atoms. The molecular formula is C27H24N4O5S. The third-order valence-corrected chi connectivity index (χ3v) is 6.79. The Labute approximate surface area is 217 Å². The minimum absolute atomic E-state index is 0.265. The number of carbonyl (C=O) groups excluding carboxylic acids is 3. The van der Waals surface area contributed by atoms with Gasteiger partial charge in [0.25, 0.3) is 11.8 Å². The number of amides is 3. The van der Waals surface area contributed by atoms with E-state index in [1.165, 1.54) is 16.7 Å². The molecule has 2 atom stereocenters. The number of carboxylic acids is 1. The zero-order valence-corrected chi connectivity index (χ0v) is 20.4. The van der Waals surface area contributed by atoms with Crippen LogP contribution in [-0.4, -0.2) is 53.1 Å². The lowest BCUT2D eigenvalue weighted by Gasteiger charge is -2.38. The van der Waals surface area contributed by atoms with Crippen LogP contribution in [-0.2, 0) is 14.4 Å². The van der Waals surface area contributed by atoms with Crippen molar-refractivity contribution in [1.82, 2.24) is 10.6 Å². The molecule has 1 saturated heterocycles. The van der Waals surface area contributed by atoms with Crippen LogP contribution in [0.1, 0.15) is 21.2 Å². The van der Waals surface area contributed by atoms with Crippen LogP contribution in [0, 0.1) is 0 Å². The predicted octanol–water partition coefficient (Wildman–Crippen LogP) is 2.86. The standard InChI is InChI=1S/C27H24N4O5S/c32-21(28-17-22(33)34)16-29-27-31(20-14-8-3-9-15-20)26(36)23(24(37-27)18-10-4-1-5-11-18)30-25(35)19-12-6-2-7-13-19/h1-15,23-24H,16-17H2,(H,28,32)(H,30,35)(H,33,34)/t23-,24+/m0/s1. The van der Waals surface area contributed by atoms with Gasteiger partial charge in [0.2, 0.25) is 5.91 Å². The van der Waals surface area contributed by atoms with Crippen molar-refractivity contribution in [1.29, 1.82) is 0 Å². The summed E-state index contributed by atoms with van der Waals surface area (Å²) in [4.78, 5) is 55.8. The number of nitrogens with zero attached hydrogens (tertiary/aromatic N) is 2. The van der Waals surface area contributed by atoms with E-state index in [2.05, 4.69) is 15.6 Å². The van der Waals surface area contributed by atoms with Gasteiger partial charge in [-0.1, -0.05) is 78.5 Å². The smallest absolute Gasteiger partial charge is 0.322 e. The maximum absolute atomic E-state index is 14.0. The molecule has 37 heavy (non-hydrogen) atoms. The second kappa shape index (κ2) is 12.0. The lowest BCUT2D eigenvalue weighted by molar-refractivity contribution is -0.137. The molecule has 0 bridgehead atoms. The molecule has 0 aliphatic carbocycles. The molecule has 3 aromatic rings. The summed E-state index contributed by atoms with van der Waals surface area (Å²) in [6.07, 6.45) is 0. The number of benzene rings is 3. The summed E-state index contributed by atoms with van der Waals surface area (Å²) in [5, 5.41) is 13.7. The van der Waals surface area contributed by atoms with E-state index in [1.54, 1.807) is 54.6 Å². The summed E-state index contributed by atoms with van der Waals surface area (Å²) in [6, 6.07) is 25.8. The Bertz CT molecular complexity index is 1300. The van der Waals surface area contributed by atoms with Gasteiger partial charge >= 0.3 is 5.97 Å². The van der Waals surface area contributed by atoms with E-state index in [0.717, 1.165) is 5.56 Å². The van der Waals surface area contributed by atoms with E-state index in [1.807, 2.05) is 36.4 Å². The summed E-state index contributed by atoms with van der Waals surface area (Å²) < 4.78 is 0. The van der Waals surface area contributed by atoms with E-state index >= 15 is 0 Å². The van der Waals surface area contributed by atoms with Crippen LogP contribution in [0.15, 0.2) is 96.0 Å². The number of hydrogen-bond acceptors (Lipinski definition) is 6. The maximum Gasteiger partial charge on any atom is 0.322 e. The molecule has 1 aliphatic rings. The van der Waals surface area contributed by atoms with Gasteiger partial charge in [0.1, 0.15) is 19.1 Å². The van der Waals surface area contributed by atoms with E-state index in [0.29, 0.717) is 11.3 Å². The van der Waals surface area contributed by atoms with E-state index < -0.39 is 35.6 Å². The summed E-state index contributed by atoms with van der Waals surface area (Å²) in [7, 11) is 0. The molecule has 1 fully saturated rings. The zero-order valence-electron chi connectivity index (χ0n) is 19.6. The van der Waals surface area contributed by atoms with Gasteiger partial charge in [0.05, 0.1) is 10.9 Å². The van der Waals surface area contributed by atoms with Gasteiger partial charge in [-0.3, -0.25) is 29.1 Å². The van der Waals surface area contributed by atoms with Gasteiger partial charge in [-0.15, -0.1) is 0 Å². The highest BCUT2D eigenvalue weighted by atomic mass is 32.2. The van der Waals surface area contributed by atoms with E-state index in [9.17, 15) is 19.2 Å². The third kappa shape index (κ3) is 6.42. The minimum atomic E-state index is -1.17. The Kier molecular flexibility index (Phi) is 8.32. The number of amidine groups is 1. The molecule has 3 N–H and O–H groups in total. The van der Waals surface area contributed by atoms with Crippen molar-refractivity contribution in [3.8, 4) is 0 Å². The van der Waals surface area contributed by atoms with E-state index in [-0.39, 0.29) is 17.6 Å². The number of para-hydroxylation sites is 1. The summed E-state index contributed by atoms with van der Waals surface area (Å²) >= 11 is 1.25. The van der Waals surface area contributed by atoms with Crippen LogP contribution in [0.2, 0.25) is 0 Å². The molecule has 1 heterocycles. The Balaban J connectivity index is 1.70. The summed E-state index contributed by atoms with van der Waals surface area (Å²) in [5.41, 5.74) is 1.75. The summed E-state index contributed by atoms with van der Waals surface area (Å²) in [6.45, 7) is -0.896. The Hall–Kier alpha value is -4.44. The second-order valence-electron chi connectivity index (χ2n) is 8.04. The number of carbonyl (C=O) groups is 4. The highest BCUT2D eigenvalue weighted by Gasteiger charge is 2.43. The normalized spacial score (nSPS) is 18.3. The van der Waals surface area contributed by atoms with Crippen molar-refractivity contribution in [3.63, 3.8) is 0 Å². The zero-order chi connectivity index (χ0) is 26.2. The molecule has 9 nitrogen and oxygen atoms in total. The molecule has 3 aromatic carbocycles. The van der Waals surface area contributed by atoms with Crippen molar-refractivity contribution in [2.24, 2.45) is 4.99 Å². The molecule has 4 rings (SSSR count). The molecule has 10 heteroatoms. The number of hydrogen-bond donors (Lipinski definition) is 3. The molecule has 0 saturated carbocycles. The first-order valence-corrected chi connectivity index (χ1v) is 12.3. The lowest BCUT2D eigenvalue weighted by Crippen LogP contribution is -2.56. The van der Waals surface area contributed by atoms with Gasteiger partial charge < -0.3 is 15.7 Å². The van der Waals surface area contributed by atoms with Crippen LogP contribution in [0.25, 0.3) is 0 Å². The van der Waals surface area contributed by atoms with Crippen molar-refractivity contribution >= 4 is 46.3 Å². The SMILES string of the molecule is O=C(O)CNC(=O)CN=C1S[C@H](c2ccccc2)[C@H](NC(=O)c2ccccc2)C(=O)N1c1ccccc1. The fraction of sp³-hybridized carbons (Fsp3) is 0.148. The third-order valence-electron chi connectivity index (χ3n) is 5.47. The highest BCUT2D eigenvalue weighted by molar-refractivity contribution is 8.14. The molecule has 0 aromatic heterocycles. The lowest BCUT2D eigenvalue weighted by atomic mass is 10.0. The number of anilines is 1. The van der Waals surface area contributed by atoms with Gasteiger partial charge in [-0.25, -0.2) is 0 Å². The number of carboxylic acid groups (broad SMARTS) is 1. The molecule has 188 valence electrons. The van der Waals surface area contributed by atoms with Crippen LogP contribution >= 0.6 is 11.8 Å². The van der Waals surface area contributed by atoms with Crippen molar-refractivity contribution in [2.75, 3.05) is 18.0 Å². The molecule has 0 unspecified atom stereocenters. The van der Waals surface area contributed by atoms with E-state index in [4.69, 9.17) is 5.11 Å². The average molecular weight is 517 g/mol. The first-order chi connectivity index (χ1) is 17.9. The number of rotatable bonds is 8. The molecule has 1 aliphatic heterocycles. The van der Waals surface area contributed by atoms with Crippen LogP contribution < -0.4 is 15.5 Å². The fourth-order valence-corrected chi connectivity index (χ4v) is 5.02. The van der Waals surface area contributed by atoms with Crippen LogP contribution in [0.5, 0.6) is 0 Å². The number of nitrogens with one attached hydrogen (secondary N) is 2. The first-order valence-electron chi connectivity index (χ1n) is 11.4. The fourth-order valence-electron chi connectivity index (χ4n) is 3.74. The van der Waals surface area contributed by atoms with Gasteiger partial charge in [-0.05, 0) is 29.8 Å². The van der Waals surface area contributed by atoms with Gasteiger partial charge in [0, 0.05) is 5.56 Å². The quantitative estimate of drug-likeness (QED) is 0.422. The number of aliphatic carboxylic acids is 1. The van der Waals surface area contributed by atoms with Gasteiger partial charge in [0.15, 0.2) is 5.17 Å². The average Bonchev–Trinajstić information content (AvgIpc) is 2.93. The molecule has 3 amide bonds. The Morgan fingerprint density at radius 3 is 2.11 bits per heavy atom. The Morgan fingerprint density at radius 2 is 1.49 bits per heavy atom. The number of thioether (sulfide) groups is 1. The molecule has 0 radical (unpaired) electrons. The van der Waals surface area contributed by atoms with Crippen molar-refractivity contribution < 1.29 is 24.3 Å². The highest BCUT2D eigenvalue weighted by Crippen LogP contribution is 2.41. The van der Waals surface area contributed by atoms with Crippen molar-refractivity contribution in [3.05, 3.63) is 102 Å². The van der Waals surface area contributed by atoms with Gasteiger partial charge in [-0.2, -0.15) is 0 Å². The predicted molar refractivity (Wildman–Crippen MR) is 141 cm³/mol. The molecular weight excluding hydrogens is 492 g/mol. The van der Waals surface area contributed by atoms with Crippen molar-refractivity contribution in [2.45, 2.75) is 11.3 Å². The Morgan fingerprint density at radius 1 is 0.892 bits per heavy atom. The van der Waals surface area contributed by atoms with Crippen LogP contribution in [0.3, 0.4) is 0 Å². The first kappa shape index (κ1) is 25.6. The largest absolute Gasteiger partial charge is 0.480 e. The van der Waals surface area contributed by atoms with Crippen LogP contribution in [0.4, 0.5) is 5.69 Å². The minimum Gasteiger partial charge on any atom is -0.480 e. The topological polar surface area (TPSA) is 128 Å². The number of aliphatic imine (C=N–C) groups is 1. The summed E-state index contributed by atoms with van der Waals surface area (Å²) in [5.74, 6) is -2.56. The second-order valence-corrected chi connectivity index (χ2v) is 9.15. The maximum atomic E-state index is 14.0. The monoisotopic (exact) mass is 516 g/mol.